The molecular formula is C13H15BrN4O. The van der Waals surface area contributed by atoms with E-state index in [1.807, 2.05) is 17.8 Å². The molecule has 0 aliphatic heterocycles. The maximum Gasteiger partial charge on any atom is 0.255 e. The summed E-state index contributed by atoms with van der Waals surface area (Å²) in [4.78, 5) is 18.2. The van der Waals surface area contributed by atoms with Gasteiger partial charge in [0, 0.05) is 36.6 Å². The van der Waals surface area contributed by atoms with E-state index in [1.54, 1.807) is 36.3 Å². The molecule has 2 aromatic rings. The van der Waals surface area contributed by atoms with Crippen molar-refractivity contribution in [3.63, 3.8) is 0 Å². The van der Waals surface area contributed by atoms with Crippen LogP contribution in [0.4, 0.5) is 5.69 Å². The number of anilines is 1. The molecule has 0 aliphatic rings. The van der Waals surface area contributed by atoms with Crippen LogP contribution in [0.2, 0.25) is 0 Å². The number of carbonyl (C=O) groups is 1. The molecular weight excluding hydrogens is 308 g/mol. The standard InChI is InChI=1S/C13H15BrN4O/c1-17-6-5-16-12(17)8-18(2)13(19)10-7-9(15)3-4-11(10)14/h3-7H,8,15H2,1-2H3. The molecule has 2 N–H and O–H groups in total. The van der Waals surface area contributed by atoms with Crippen molar-refractivity contribution in [2.45, 2.75) is 6.54 Å². The molecule has 19 heavy (non-hydrogen) atoms. The topological polar surface area (TPSA) is 64.2 Å². The van der Waals surface area contributed by atoms with Crippen molar-refractivity contribution in [1.82, 2.24) is 14.5 Å². The summed E-state index contributed by atoms with van der Waals surface area (Å²) in [6.07, 6.45) is 3.56. The number of hydrogen-bond donors (Lipinski definition) is 1. The van der Waals surface area contributed by atoms with Crippen molar-refractivity contribution < 1.29 is 4.79 Å². The molecule has 0 saturated carbocycles. The van der Waals surface area contributed by atoms with Crippen LogP contribution >= 0.6 is 15.9 Å². The Balaban J connectivity index is 2.19. The quantitative estimate of drug-likeness (QED) is 0.879. The molecule has 5 nitrogen and oxygen atoms in total. The fraction of sp³-hybridized carbons (Fsp3) is 0.231. The number of nitrogens with zero attached hydrogens (tertiary/aromatic N) is 3. The number of halogens is 1. The van der Waals surface area contributed by atoms with Crippen LogP contribution in [0.1, 0.15) is 16.2 Å². The third kappa shape index (κ3) is 2.96. The molecule has 6 heteroatoms. The first-order valence-electron chi connectivity index (χ1n) is 5.75. The predicted octanol–water partition coefficient (Wildman–Crippen LogP) is 2.04. The Morgan fingerprint density at radius 2 is 2.26 bits per heavy atom. The van der Waals surface area contributed by atoms with Gasteiger partial charge in [0.15, 0.2) is 0 Å². The first-order chi connectivity index (χ1) is 8.99. The second-order valence-electron chi connectivity index (χ2n) is 4.35. The summed E-state index contributed by atoms with van der Waals surface area (Å²) in [5.41, 5.74) is 6.84. The van der Waals surface area contributed by atoms with Gasteiger partial charge in [-0.25, -0.2) is 4.98 Å². The third-order valence-corrected chi connectivity index (χ3v) is 3.56. The van der Waals surface area contributed by atoms with Crippen LogP contribution in [0.25, 0.3) is 0 Å². The summed E-state index contributed by atoms with van der Waals surface area (Å²) >= 11 is 3.37. The molecule has 0 aliphatic carbocycles. The van der Waals surface area contributed by atoms with E-state index in [1.165, 1.54) is 0 Å². The van der Waals surface area contributed by atoms with Gasteiger partial charge in [0.25, 0.3) is 5.91 Å². The second-order valence-corrected chi connectivity index (χ2v) is 5.21. The van der Waals surface area contributed by atoms with E-state index in [9.17, 15) is 4.79 Å². The number of imidazole rings is 1. The minimum absolute atomic E-state index is 0.0952. The molecule has 0 atom stereocenters. The van der Waals surface area contributed by atoms with Gasteiger partial charge in [-0.2, -0.15) is 0 Å². The molecule has 0 unspecified atom stereocenters. The van der Waals surface area contributed by atoms with Gasteiger partial charge in [-0.1, -0.05) is 0 Å². The molecule has 0 saturated heterocycles. The fourth-order valence-corrected chi connectivity index (χ4v) is 2.16. The number of hydrogen-bond acceptors (Lipinski definition) is 3. The van der Waals surface area contributed by atoms with Gasteiger partial charge in [0.1, 0.15) is 5.82 Å². The summed E-state index contributed by atoms with van der Waals surface area (Å²) in [5.74, 6) is 0.734. The first-order valence-corrected chi connectivity index (χ1v) is 6.55. The van der Waals surface area contributed by atoms with Crippen molar-refractivity contribution in [3.05, 3.63) is 46.5 Å². The highest BCUT2D eigenvalue weighted by Crippen LogP contribution is 2.21. The zero-order valence-electron chi connectivity index (χ0n) is 10.8. The Kier molecular flexibility index (Phi) is 3.90. The molecule has 0 fully saturated rings. The second kappa shape index (κ2) is 5.44. The van der Waals surface area contributed by atoms with Crippen LogP contribution in [0, 0.1) is 0 Å². The van der Waals surface area contributed by atoms with Crippen LogP contribution in [0.3, 0.4) is 0 Å². The molecule has 1 amide bonds. The van der Waals surface area contributed by atoms with E-state index < -0.39 is 0 Å². The van der Waals surface area contributed by atoms with E-state index in [-0.39, 0.29) is 5.91 Å². The van der Waals surface area contributed by atoms with E-state index in [2.05, 4.69) is 20.9 Å². The van der Waals surface area contributed by atoms with Crippen molar-refractivity contribution in [2.24, 2.45) is 7.05 Å². The molecule has 0 radical (unpaired) electrons. The maximum absolute atomic E-state index is 12.4. The largest absolute Gasteiger partial charge is 0.399 e. The fourth-order valence-electron chi connectivity index (χ4n) is 1.75. The lowest BCUT2D eigenvalue weighted by molar-refractivity contribution is 0.0779. The number of benzene rings is 1. The smallest absolute Gasteiger partial charge is 0.255 e. The summed E-state index contributed by atoms with van der Waals surface area (Å²) < 4.78 is 2.62. The number of carbonyl (C=O) groups excluding carboxylic acids is 1. The van der Waals surface area contributed by atoms with Crippen molar-refractivity contribution >= 4 is 27.5 Å². The Hall–Kier alpha value is -1.82. The number of amides is 1. The molecule has 0 spiro atoms. The van der Waals surface area contributed by atoms with Crippen LogP contribution in [-0.2, 0) is 13.6 Å². The lowest BCUT2D eigenvalue weighted by atomic mass is 10.2. The van der Waals surface area contributed by atoms with Crippen LogP contribution in [0.5, 0.6) is 0 Å². The van der Waals surface area contributed by atoms with Crippen molar-refractivity contribution in [3.8, 4) is 0 Å². The number of aryl methyl sites for hydroxylation is 1. The molecule has 0 bridgehead atoms. The lowest BCUT2D eigenvalue weighted by Crippen LogP contribution is -2.27. The Morgan fingerprint density at radius 3 is 2.89 bits per heavy atom. The van der Waals surface area contributed by atoms with Gasteiger partial charge >= 0.3 is 0 Å². The van der Waals surface area contributed by atoms with Crippen molar-refractivity contribution in [2.75, 3.05) is 12.8 Å². The van der Waals surface area contributed by atoms with Crippen LogP contribution < -0.4 is 5.73 Å². The monoisotopic (exact) mass is 322 g/mol. The summed E-state index contributed by atoms with van der Waals surface area (Å²) in [7, 11) is 3.64. The average Bonchev–Trinajstić information content (AvgIpc) is 2.77. The summed E-state index contributed by atoms with van der Waals surface area (Å²) in [6, 6.07) is 5.19. The van der Waals surface area contributed by atoms with Crippen LogP contribution in [0.15, 0.2) is 35.1 Å². The van der Waals surface area contributed by atoms with E-state index >= 15 is 0 Å². The Bertz CT molecular complexity index is 608. The van der Waals surface area contributed by atoms with Crippen molar-refractivity contribution in [1.29, 1.82) is 0 Å². The zero-order chi connectivity index (χ0) is 14.0. The Labute approximate surface area is 120 Å². The zero-order valence-corrected chi connectivity index (χ0v) is 12.4. The third-order valence-electron chi connectivity index (χ3n) is 2.87. The summed E-state index contributed by atoms with van der Waals surface area (Å²) in [5, 5.41) is 0. The first kappa shape index (κ1) is 13.6. The van der Waals surface area contributed by atoms with Gasteiger partial charge in [0.05, 0.1) is 12.1 Å². The molecule has 1 heterocycles. The molecule has 2 rings (SSSR count). The van der Waals surface area contributed by atoms with Gasteiger partial charge in [-0.05, 0) is 34.1 Å². The van der Waals surface area contributed by atoms with E-state index in [0.717, 1.165) is 10.3 Å². The lowest BCUT2D eigenvalue weighted by Gasteiger charge is -2.18. The number of nitrogens with two attached hydrogens (primary N) is 1. The van der Waals surface area contributed by atoms with Gasteiger partial charge < -0.3 is 15.2 Å². The molecule has 100 valence electrons. The minimum atomic E-state index is -0.0952. The maximum atomic E-state index is 12.4. The highest BCUT2D eigenvalue weighted by molar-refractivity contribution is 9.10. The normalized spacial score (nSPS) is 10.5. The minimum Gasteiger partial charge on any atom is -0.399 e. The van der Waals surface area contributed by atoms with E-state index in [4.69, 9.17) is 5.73 Å². The van der Waals surface area contributed by atoms with Gasteiger partial charge in [-0.3, -0.25) is 4.79 Å². The highest BCUT2D eigenvalue weighted by atomic mass is 79.9. The van der Waals surface area contributed by atoms with Gasteiger partial charge in [0.2, 0.25) is 0 Å². The number of aromatic nitrogens is 2. The Morgan fingerprint density at radius 1 is 1.53 bits per heavy atom. The average molecular weight is 323 g/mol. The molecule has 1 aromatic heterocycles. The predicted molar refractivity (Wildman–Crippen MR) is 77.6 cm³/mol. The van der Waals surface area contributed by atoms with E-state index in [0.29, 0.717) is 17.8 Å². The SMILES string of the molecule is CN(Cc1nccn1C)C(=O)c1cc(N)ccc1Br. The van der Waals surface area contributed by atoms with Gasteiger partial charge in [-0.15, -0.1) is 0 Å². The van der Waals surface area contributed by atoms with Crippen LogP contribution in [-0.4, -0.2) is 27.4 Å². The number of rotatable bonds is 3. The number of nitrogen functional groups attached to an aromatic ring is 1. The highest BCUT2D eigenvalue weighted by Gasteiger charge is 2.16. The summed E-state index contributed by atoms with van der Waals surface area (Å²) in [6.45, 7) is 0.448. The molecule has 1 aromatic carbocycles.